The lowest BCUT2D eigenvalue weighted by atomic mass is 9.82. The zero-order chi connectivity index (χ0) is 21.3. The maximum absolute atomic E-state index is 12.8. The minimum Gasteiger partial charge on any atom is -0.459 e. The molecule has 4 rings (SSSR count). The first-order valence-electron chi connectivity index (χ1n) is 10.1. The smallest absolute Gasteiger partial charge is 0.325 e. The maximum atomic E-state index is 12.8. The van der Waals surface area contributed by atoms with Crippen LogP contribution in [0.25, 0.3) is 11.3 Å². The van der Waals surface area contributed by atoms with Gasteiger partial charge in [-0.05, 0) is 37.1 Å². The molecule has 158 valence electrons. The maximum Gasteiger partial charge on any atom is 0.325 e. The molecule has 0 radical (unpaired) electrons. The molecule has 2 fully saturated rings. The summed E-state index contributed by atoms with van der Waals surface area (Å²) in [6, 6.07) is 11.0. The molecule has 0 bridgehead atoms. The number of benzene rings is 1. The molecule has 0 unspecified atom stereocenters. The average molecular weight is 474 g/mol. The molecular weight excluding hydrogens is 450 g/mol. The molecule has 1 N–H and O–H groups in total. The summed E-state index contributed by atoms with van der Waals surface area (Å²) in [5.74, 6) is 0.758. The summed E-state index contributed by atoms with van der Waals surface area (Å²) in [5, 5.41) is 2.83. The summed E-state index contributed by atoms with van der Waals surface area (Å²) in [6.07, 6.45) is 4.17. The highest BCUT2D eigenvalue weighted by Gasteiger charge is 2.51. The first kappa shape index (κ1) is 20.7. The van der Waals surface area contributed by atoms with Crippen molar-refractivity contribution in [1.82, 2.24) is 15.1 Å². The first-order valence-corrected chi connectivity index (χ1v) is 10.9. The molecule has 1 aliphatic carbocycles. The van der Waals surface area contributed by atoms with Gasteiger partial charge in [-0.15, -0.1) is 0 Å². The zero-order valence-electron chi connectivity index (χ0n) is 16.8. The van der Waals surface area contributed by atoms with Gasteiger partial charge in [0, 0.05) is 17.1 Å². The fourth-order valence-electron chi connectivity index (χ4n) is 4.12. The number of imide groups is 1. The van der Waals surface area contributed by atoms with Crippen LogP contribution in [0, 0.1) is 0 Å². The fourth-order valence-corrected chi connectivity index (χ4v) is 4.39. The van der Waals surface area contributed by atoms with Crippen molar-refractivity contribution in [3.05, 3.63) is 46.6 Å². The standard InChI is InChI=1S/C22H24BrN3O4/c1-25(13-17-9-10-18(30-17)15-5-7-16(23)8-6-15)19(27)14-26-20(28)22(24-21(26)29)11-3-2-4-12-22/h5-10H,2-4,11-14H2,1H3,(H,24,29). The van der Waals surface area contributed by atoms with Gasteiger partial charge in [0.05, 0.1) is 6.54 Å². The van der Waals surface area contributed by atoms with E-state index in [1.807, 2.05) is 36.4 Å². The van der Waals surface area contributed by atoms with Gasteiger partial charge in [0.1, 0.15) is 23.6 Å². The molecule has 8 heteroatoms. The lowest BCUT2D eigenvalue weighted by Gasteiger charge is -2.30. The number of nitrogens with one attached hydrogen (secondary N) is 1. The number of nitrogens with zero attached hydrogens (tertiary/aromatic N) is 2. The number of urea groups is 1. The number of carbonyl (C=O) groups is 3. The molecule has 1 aliphatic heterocycles. The normalized spacial score (nSPS) is 18.0. The predicted molar refractivity (Wildman–Crippen MR) is 114 cm³/mol. The summed E-state index contributed by atoms with van der Waals surface area (Å²) < 4.78 is 6.85. The van der Waals surface area contributed by atoms with Gasteiger partial charge >= 0.3 is 6.03 Å². The number of carbonyl (C=O) groups excluding carboxylic acids is 3. The third-order valence-corrected chi connectivity index (χ3v) is 6.38. The van der Waals surface area contributed by atoms with E-state index in [1.54, 1.807) is 7.05 Å². The van der Waals surface area contributed by atoms with E-state index in [4.69, 9.17) is 4.42 Å². The van der Waals surface area contributed by atoms with Crippen molar-refractivity contribution < 1.29 is 18.8 Å². The van der Waals surface area contributed by atoms with Crippen LogP contribution < -0.4 is 5.32 Å². The van der Waals surface area contributed by atoms with Crippen molar-refractivity contribution in [2.45, 2.75) is 44.2 Å². The second kappa shape index (κ2) is 8.26. The Morgan fingerprint density at radius 1 is 1.13 bits per heavy atom. The summed E-state index contributed by atoms with van der Waals surface area (Å²) >= 11 is 3.41. The van der Waals surface area contributed by atoms with E-state index < -0.39 is 11.6 Å². The molecule has 30 heavy (non-hydrogen) atoms. The Kier molecular flexibility index (Phi) is 5.69. The Morgan fingerprint density at radius 3 is 2.53 bits per heavy atom. The summed E-state index contributed by atoms with van der Waals surface area (Å²) in [7, 11) is 1.64. The number of halogens is 1. The average Bonchev–Trinajstić information content (AvgIpc) is 3.28. The lowest BCUT2D eigenvalue weighted by Crippen LogP contribution is -2.49. The minimum atomic E-state index is -0.811. The molecule has 1 aromatic heterocycles. The van der Waals surface area contributed by atoms with E-state index in [2.05, 4.69) is 21.2 Å². The SMILES string of the molecule is CN(Cc1ccc(-c2ccc(Br)cc2)o1)C(=O)CN1C(=O)NC2(CCCCC2)C1=O. The monoisotopic (exact) mass is 473 g/mol. The fraction of sp³-hybridized carbons (Fsp3) is 0.409. The number of hydrogen-bond acceptors (Lipinski definition) is 4. The van der Waals surface area contributed by atoms with Crippen molar-refractivity contribution >= 4 is 33.8 Å². The van der Waals surface area contributed by atoms with E-state index in [-0.39, 0.29) is 24.9 Å². The van der Waals surface area contributed by atoms with Gasteiger partial charge in [0.25, 0.3) is 5.91 Å². The van der Waals surface area contributed by atoms with E-state index in [0.29, 0.717) is 24.4 Å². The van der Waals surface area contributed by atoms with Crippen LogP contribution in [0.3, 0.4) is 0 Å². The van der Waals surface area contributed by atoms with E-state index >= 15 is 0 Å². The van der Waals surface area contributed by atoms with Crippen LogP contribution in [-0.4, -0.2) is 46.8 Å². The van der Waals surface area contributed by atoms with Gasteiger partial charge in [0.15, 0.2) is 0 Å². The molecule has 2 heterocycles. The van der Waals surface area contributed by atoms with Crippen LogP contribution in [-0.2, 0) is 16.1 Å². The van der Waals surface area contributed by atoms with E-state index in [9.17, 15) is 14.4 Å². The van der Waals surface area contributed by atoms with Crippen molar-refractivity contribution in [3.8, 4) is 11.3 Å². The van der Waals surface area contributed by atoms with Crippen LogP contribution in [0.15, 0.2) is 45.3 Å². The van der Waals surface area contributed by atoms with Crippen molar-refractivity contribution in [1.29, 1.82) is 0 Å². The Balaban J connectivity index is 1.38. The molecule has 2 aromatic rings. The van der Waals surface area contributed by atoms with Crippen LogP contribution in [0.4, 0.5) is 4.79 Å². The Labute approximate surface area is 183 Å². The molecule has 1 saturated heterocycles. The van der Waals surface area contributed by atoms with E-state index in [0.717, 1.165) is 34.2 Å². The first-order chi connectivity index (χ1) is 14.4. The van der Waals surface area contributed by atoms with Gasteiger partial charge in [-0.1, -0.05) is 47.3 Å². The van der Waals surface area contributed by atoms with Crippen LogP contribution in [0.2, 0.25) is 0 Å². The number of amides is 4. The Bertz CT molecular complexity index is 963. The van der Waals surface area contributed by atoms with Gasteiger partial charge in [-0.3, -0.25) is 14.5 Å². The summed E-state index contributed by atoms with van der Waals surface area (Å²) in [5.41, 5.74) is 0.130. The Hall–Kier alpha value is -2.61. The summed E-state index contributed by atoms with van der Waals surface area (Å²) in [4.78, 5) is 40.4. The predicted octanol–water partition coefficient (Wildman–Crippen LogP) is 3.92. The molecular formula is C22H24BrN3O4. The molecule has 1 spiro atoms. The molecule has 1 saturated carbocycles. The Morgan fingerprint density at radius 2 is 1.83 bits per heavy atom. The molecule has 7 nitrogen and oxygen atoms in total. The minimum absolute atomic E-state index is 0.254. The van der Waals surface area contributed by atoms with Crippen LogP contribution in [0.1, 0.15) is 37.9 Å². The highest BCUT2D eigenvalue weighted by Crippen LogP contribution is 2.33. The number of hydrogen-bond donors (Lipinski definition) is 1. The third-order valence-electron chi connectivity index (χ3n) is 5.86. The molecule has 4 amide bonds. The number of rotatable bonds is 5. The van der Waals surface area contributed by atoms with Crippen molar-refractivity contribution in [2.75, 3.05) is 13.6 Å². The topological polar surface area (TPSA) is 82.9 Å². The zero-order valence-corrected chi connectivity index (χ0v) is 18.4. The number of likely N-dealkylation sites (N-methyl/N-ethyl adjacent to an activating group) is 1. The third kappa shape index (κ3) is 4.01. The highest BCUT2D eigenvalue weighted by atomic mass is 79.9. The van der Waals surface area contributed by atoms with Crippen molar-refractivity contribution in [3.63, 3.8) is 0 Å². The molecule has 0 atom stereocenters. The highest BCUT2D eigenvalue weighted by molar-refractivity contribution is 9.10. The van der Waals surface area contributed by atoms with Gasteiger partial charge < -0.3 is 14.6 Å². The van der Waals surface area contributed by atoms with Crippen molar-refractivity contribution in [2.24, 2.45) is 0 Å². The quantitative estimate of drug-likeness (QED) is 0.666. The van der Waals surface area contributed by atoms with E-state index in [1.165, 1.54) is 4.90 Å². The van der Waals surface area contributed by atoms with Gasteiger partial charge in [0.2, 0.25) is 5.91 Å². The molecule has 1 aromatic carbocycles. The number of furan rings is 1. The van der Waals surface area contributed by atoms with Crippen LogP contribution in [0.5, 0.6) is 0 Å². The molecule has 2 aliphatic rings. The summed E-state index contributed by atoms with van der Waals surface area (Å²) in [6.45, 7) is -0.00660. The second-order valence-corrected chi connectivity index (χ2v) is 8.90. The second-order valence-electron chi connectivity index (χ2n) is 7.99. The largest absolute Gasteiger partial charge is 0.459 e. The van der Waals surface area contributed by atoms with Gasteiger partial charge in [-0.25, -0.2) is 4.79 Å². The lowest BCUT2D eigenvalue weighted by molar-refractivity contribution is -0.139. The van der Waals surface area contributed by atoms with Gasteiger partial charge in [-0.2, -0.15) is 0 Å². The van der Waals surface area contributed by atoms with Crippen LogP contribution >= 0.6 is 15.9 Å².